The molecule has 16 heteroatoms. The van der Waals surface area contributed by atoms with Crippen LogP contribution in [0.4, 0.5) is 20.6 Å². The number of ether oxygens (including phenoxy) is 1. The van der Waals surface area contributed by atoms with Gasteiger partial charge in [0, 0.05) is 52.9 Å². The van der Waals surface area contributed by atoms with Gasteiger partial charge < -0.3 is 20.4 Å². The van der Waals surface area contributed by atoms with Crippen molar-refractivity contribution in [3.05, 3.63) is 101 Å². The minimum Gasteiger partial charge on any atom is -0.453 e. The number of hydrogen-bond acceptors (Lipinski definition) is 9. The summed E-state index contributed by atoms with van der Waals surface area (Å²) in [5.41, 5.74) is 3.63. The number of aromatic amines is 1. The third kappa shape index (κ3) is 7.31. The van der Waals surface area contributed by atoms with E-state index in [2.05, 4.69) is 51.2 Å². The maximum absolute atomic E-state index is 14.7. The van der Waals surface area contributed by atoms with Crippen molar-refractivity contribution in [2.24, 2.45) is 0 Å². The van der Waals surface area contributed by atoms with E-state index in [0.717, 1.165) is 0 Å². The van der Waals surface area contributed by atoms with E-state index in [9.17, 15) is 18.8 Å². The van der Waals surface area contributed by atoms with Crippen LogP contribution in [-0.2, 0) is 27.2 Å². The maximum Gasteiger partial charge on any atom is 0.411 e. The summed E-state index contributed by atoms with van der Waals surface area (Å²) >= 11 is 6.22. The lowest BCUT2D eigenvalue weighted by molar-refractivity contribution is -0.117. The second kappa shape index (κ2) is 13.6. The van der Waals surface area contributed by atoms with E-state index in [1.165, 1.54) is 36.3 Å². The van der Waals surface area contributed by atoms with E-state index in [0.29, 0.717) is 50.4 Å². The van der Waals surface area contributed by atoms with Crippen molar-refractivity contribution >= 4 is 47.0 Å². The summed E-state index contributed by atoms with van der Waals surface area (Å²) in [4.78, 5) is 50.3. The number of pyridine rings is 1. The van der Waals surface area contributed by atoms with Crippen LogP contribution in [0.25, 0.3) is 23.0 Å². The number of nitrogens with one attached hydrogen (secondary N) is 4. The van der Waals surface area contributed by atoms with Gasteiger partial charge in [-0.15, -0.1) is 5.10 Å². The summed E-state index contributed by atoms with van der Waals surface area (Å²) in [5, 5.41) is 20.1. The number of rotatable bonds is 5. The molecule has 5 aromatic rings. The molecule has 1 atom stereocenters. The monoisotopic (exact) mass is 656 g/mol. The van der Waals surface area contributed by atoms with Crippen LogP contribution < -0.4 is 16.0 Å². The number of amides is 3. The highest BCUT2D eigenvalue weighted by Gasteiger charge is 2.22. The topological polar surface area (TPSA) is 182 Å². The molecule has 1 unspecified atom stereocenters. The Labute approximate surface area is 271 Å². The SMILES string of the molecule is COC(=O)Nc1ccc2c(c1)NC(=O)CCc1nc(ccc1F)CC(NC(=O)C=Cc1cc(Cl)ccc1-n1cnnn1)c1ncc-2[nH]1. The first kappa shape index (κ1) is 31.0. The highest BCUT2D eigenvalue weighted by molar-refractivity contribution is 6.30. The number of imidazole rings is 1. The van der Waals surface area contributed by atoms with Crippen LogP contribution in [-0.4, -0.2) is 60.2 Å². The van der Waals surface area contributed by atoms with E-state index in [1.807, 2.05) is 0 Å². The molecule has 47 heavy (non-hydrogen) atoms. The summed E-state index contributed by atoms with van der Waals surface area (Å²) in [5.74, 6) is -1.00. The van der Waals surface area contributed by atoms with Crippen molar-refractivity contribution in [2.75, 3.05) is 17.7 Å². The number of benzene rings is 2. The number of fused-ring (bicyclic) bond motifs is 6. The van der Waals surface area contributed by atoms with Crippen LogP contribution in [0.15, 0.2) is 67.1 Å². The van der Waals surface area contributed by atoms with E-state index in [1.54, 1.807) is 48.7 Å². The zero-order valence-electron chi connectivity index (χ0n) is 24.7. The number of aryl methyl sites for hydroxylation is 1. The Balaban J connectivity index is 1.34. The fourth-order valence-corrected chi connectivity index (χ4v) is 5.17. The maximum atomic E-state index is 14.7. The van der Waals surface area contributed by atoms with Crippen molar-refractivity contribution < 1.29 is 23.5 Å². The molecule has 6 rings (SSSR count). The highest BCUT2D eigenvalue weighted by atomic mass is 35.5. The van der Waals surface area contributed by atoms with Crippen LogP contribution in [0, 0.1) is 5.82 Å². The molecule has 0 saturated carbocycles. The van der Waals surface area contributed by atoms with Gasteiger partial charge in [-0.05, 0) is 65.0 Å². The minimum atomic E-state index is -0.716. The molecular weight excluding hydrogens is 631 g/mol. The molecule has 3 aromatic heterocycles. The van der Waals surface area contributed by atoms with Gasteiger partial charge in [-0.1, -0.05) is 11.6 Å². The van der Waals surface area contributed by atoms with Gasteiger partial charge in [0.2, 0.25) is 11.8 Å². The number of carbonyl (C=O) groups excluding carboxylic acids is 3. The van der Waals surface area contributed by atoms with Crippen LogP contribution in [0.1, 0.15) is 35.2 Å². The van der Waals surface area contributed by atoms with Crippen LogP contribution >= 0.6 is 11.6 Å². The molecule has 2 aromatic carbocycles. The fraction of sp³-hybridized carbons (Fsp3) is 0.161. The molecule has 4 bridgehead atoms. The normalized spacial score (nSPS) is 14.5. The third-order valence-corrected chi connectivity index (χ3v) is 7.47. The first-order chi connectivity index (χ1) is 22.7. The quantitative estimate of drug-likeness (QED) is 0.199. The van der Waals surface area contributed by atoms with Gasteiger partial charge in [0.05, 0.1) is 42.1 Å². The molecule has 0 aliphatic carbocycles. The lowest BCUT2D eigenvalue weighted by Gasteiger charge is -2.17. The molecule has 4 N–H and O–H groups in total. The molecule has 0 radical (unpaired) electrons. The van der Waals surface area contributed by atoms with Gasteiger partial charge in [0.15, 0.2) is 0 Å². The molecule has 3 amide bonds. The molecule has 4 heterocycles. The summed E-state index contributed by atoms with van der Waals surface area (Å²) in [6, 6.07) is 12.1. The van der Waals surface area contributed by atoms with E-state index in [-0.39, 0.29) is 30.9 Å². The Morgan fingerprint density at radius 1 is 1.15 bits per heavy atom. The summed E-state index contributed by atoms with van der Waals surface area (Å²) < 4.78 is 20.9. The standard InChI is InChI=1S/C31H26ClFN10O4/c1-47-31(46)37-20-4-6-21-24(13-20)38-29(45)11-8-23-22(33)7-5-19(36-23)14-25(30-34-15-26(21)40-30)39-28(44)10-2-17-12-18(32)3-9-27(17)43-16-35-41-42-43/h2-7,9-10,12-13,15-16,25H,8,11,14H2,1H3,(H,34,40)(H,37,46)(H,38,45)(H,39,44). The van der Waals surface area contributed by atoms with Crippen LogP contribution in [0.3, 0.4) is 0 Å². The highest BCUT2D eigenvalue weighted by Crippen LogP contribution is 2.32. The first-order valence-electron chi connectivity index (χ1n) is 14.3. The second-order valence-electron chi connectivity index (χ2n) is 10.4. The zero-order valence-corrected chi connectivity index (χ0v) is 25.5. The number of tetrazole rings is 1. The molecule has 0 fully saturated rings. The Morgan fingerprint density at radius 2 is 2.02 bits per heavy atom. The van der Waals surface area contributed by atoms with Crippen LogP contribution in [0.2, 0.25) is 5.02 Å². The summed E-state index contributed by atoms with van der Waals surface area (Å²) in [6.45, 7) is 0. The molecular formula is C31H26ClFN10O4. The van der Waals surface area contributed by atoms with Crippen molar-refractivity contribution in [2.45, 2.75) is 25.3 Å². The fourth-order valence-electron chi connectivity index (χ4n) is 4.99. The molecule has 0 spiro atoms. The average Bonchev–Trinajstić information content (AvgIpc) is 3.77. The average molecular weight is 657 g/mol. The smallest absolute Gasteiger partial charge is 0.411 e. The van der Waals surface area contributed by atoms with Gasteiger partial charge in [-0.3, -0.25) is 19.9 Å². The Hall–Kier alpha value is -5.96. The number of anilines is 2. The van der Waals surface area contributed by atoms with Gasteiger partial charge >= 0.3 is 6.09 Å². The second-order valence-corrected chi connectivity index (χ2v) is 10.8. The molecule has 0 saturated heterocycles. The van der Waals surface area contributed by atoms with Crippen molar-refractivity contribution in [1.29, 1.82) is 0 Å². The number of methoxy groups -OCH3 is 1. The van der Waals surface area contributed by atoms with Crippen LogP contribution in [0.5, 0.6) is 0 Å². The van der Waals surface area contributed by atoms with Gasteiger partial charge in [-0.2, -0.15) is 4.68 Å². The predicted octanol–water partition coefficient (Wildman–Crippen LogP) is 4.42. The first-order valence-corrected chi connectivity index (χ1v) is 14.6. The van der Waals surface area contributed by atoms with E-state index in [4.69, 9.17) is 11.6 Å². The number of carbonyl (C=O) groups is 3. The van der Waals surface area contributed by atoms with E-state index < -0.39 is 23.9 Å². The molecule has 1 aliphatic rings. The van der Waals surface area contributed by atoms with E-state index >= 15 is 0 Å². The predicted molar refractivity (Wildman–Crippen MR) is 169 cm³/mol. The van der Waals surface area contributed by atoms with Crippen molar-refractivity contribution in [3.8, 4) is 16.9 Å². The number of H-pyrrole nitrogens is 1. The Bertz CT molecular complexity index is 2000. The molecule has 1 aliphatic heterocycles. The molecule has 14 nitrogen and oxygen atoms in total. The largest absolute Gasteiger partial charge is 0.453 e. The van der Waals surface area contributed by atoms with Crippen molar-refractivity contribution in [3.63, 3.8) is 0 Å². The number of halogens is 2. The zero-order chi connectivity index (χ0) is 32.9. The lowest BCUT2D eigenvalue weighted by Crippen LogP contribution is -2.29. The van der Waals surface area contributed by atoms with Gasteiger partial charge in [-0.25, -0.2) is 14.2 Å². The lowest BCUT2D eigenvalue weighted by atomic mass is 10.1. The minimum absolute atomic E-state index is 0.0336. The summed E-state index contributed by atoms with van der Waals surface area (Å²) in [7, 11) is 1.24. The number of aromatic nitrogens is 7. The Kier molecular flexibility index (Phi) is 8.97. The Morgan fingerprint density at radius 3 is 2.83 bits per heavy atom. The van der Waals surface area contributed by atoms with Crippen molar-refractivity contribution in [1.82, 2.24) is 40.5 Å². The number of nitrogens with zero attached hydrogens (tertiary/aromatic N) is 6. The van der Waals surface area contributed by atoms with Gasteiger partial charge in [0.1, 0.15) is 18.0 Å². The van der Waals surface area contributed by atoms with Gasteiger partial charge in [0.25, 0.3) is 0 Å². The number of hydrogen-bond donors (Lipinski definition) is 4. The summed E-state index contributed by atoms with van der Waals surface area (Å²) in [6.07, 6.45) is 5.37. The molecule has 238 valence electrons. The third-order valence-electron chi connectivity index (χ3n) is 7.24.